The summed E-state index contributed by atoms with van der Waals surface area (Å²) in [4.78, 5) is 18.8. The summed E-state index contributed by atoms with van der Waals surface area (Å²) >= 11 is 0. The zero-order chi connectivity index (χ0) is 21.2. The van der Waals surface area contributed by atoms with Crippen LogP contribution in [0.3, 0.4) is 0 Å². The van der Waals surface area contributed by atoms with Crippen LogP contribution in [0.15, 0.2) is 53.5 Å². The number of rotatable bonds is 7. The molecule has 0 radical (unpaired) electrons. The molecule has 3 rings (SSSR count). The van der Waals surface area contributed by atoms with Crippen molar-refractivity contribution < 1.29 is 9.53 Å². The minimum absolute atomic E-state index is 0.139. The highest BCUT2D eigenvalue weighted by molar-refractivity contribution is 5.94. The van der Waals surface area contributed by atoms with Gasteiger partial charge < -0.3 is 20.3 Å². The molecule has 2 aromatic carbocycles. The molecule has 2 N–H and O–H groups in total. The third-order valence-electron chi connectivity index (χ3n) is 5.25. The van der Waals surface area contributed by atoms with Gasteiger partial charge in [0.1, 0.15) is 5.75 Å². The Labute approximate surface area is 179 Å². The van der Waals surface area contributed by atoms with E-state index < -0.39 is 0 Å². The van der Waals surface area contributed by atoms with Crippen molar-refractivity contribution in [1.82, 2.24) is 15.5 Å². The summed E-state index contributed by atoms with van der Waals surface area (Å²) in [5, 5.41) is 6.65. The van der Waals surface area contributed by atoms with Gasteiger partial charge in [0.2, 0.25) is 0 Å². The number of carbonyl (C=O) groups is 1. The van der Waals surface area contributed by atoms with Gasteiger partial charge in [0.25, 0.3) is 5.91 Å². The van der Waals surface area contributed by atoms with Crippen LogP contribution < -0.4 is 15.4 Å². The molecule has 0 aromatic heterocycles. The quantitative estimate of drug-likeness (QED) is 0.543. The number of carbonyl (C=O) groups excluding carboxylic acids is 1. The van der Waals surface area contributed by atoms with E-state index in [1.54, 1.807) is 7.05 Å². The standard InChI is InChI=1S/C24H32N4O2/c1-3-30-22-10-6-5-9-21(22)18-27-24(25-2)26-17-19-11-13-20(14-12-19)23(29)28-15-7-4-8-16-28/h5-6,9-14H,3-4,7-8,15-18H2,1-2H3,(H2,25,26,27). The number of para-hydroxylation sites is 1. The molecule has 1 saturated heterocycles. The monoisotopic (exact) mass is 408 g/mol. The van der Waals surface area contributed by atoms with Crippen LogP contribution in [0.5, 0.6) is 5.75 Å². The molecule has 1 aliphatic heterocycles. The molecule has 1 heterocycles. The van der Waals surface area contributed by atoms with Gasteiger partial charge in [0.05, 0.1) is 6.61 Å². The topological polar surface area (TPSA) is 66.0 Å². The van der Waals surface area contributed by atoms with Crippen LogP contribution in [0.4, 0.5) is 0 Å². The molecule has 1 aliphatic rings. The fraction of sp³-hybridized carbons (Fsp3) is 0.417. The molecule has 0 bridgehead atoms. The number of amides is 1. The first-order valence-electron chi connectivity index (χ1n) is 10.7. The second-order valence-corrected chi connectivity index (χ2v) is 7.37. The van der Waals surface area contributed by atoms with Gasteiger partial charge in [0.15, 0.2) is 5.96 Å². The third-order valence-corrected chi connectivity index (χ3v) is 5.25. The van der Waals surface area contributed by atoms with Gasteiger partial charge in [-0.1, -0.05) is 30.3 Å². The molecule has 2 aromatic rings. The number of nitrogens with zero attached hydrogens (tertiary/aromatic N) is 2. The van der Waals surface area contributed by atoms with Crippen LogP contribution in [0.1, 0.15) is 47.7 Å². The van der Waals surface area contributed by atoms with Gasteiger partial charge >= 0.3 is 0 Å². The Morgan fingerprint density at radius 3 is 2.40 bits per heavy atom. The first kappa shape index (κ1) is 21.7. The number of piperidine rings is 1. The smallest absolute Gasteiger partial charge is 0.253 e. The summed E-state index contributed by atoms with van der Waals surface area (Å²) in [5.41, 5.74) is 2.95. The van der Waals surface area contributed by atoms with E-state index in [-0.39, 0.29) is 5.91 Å². The van der Waals surface area contributed by atoms with Crippen molar-refractivity contribution in [3.63, 3.8) is 0 Å². The van der Waals surface area contributed by atoms with Gasteiger partial charge in [-0.15, -0.1) is 0 Å². The van der Waals surface area contributed by atoms with Gasteiger partial charge in [-0.05, 0) is 49.9 Å². The maximum absolute atomic E-state index is 12.6. The Bertz CT molecular complexity index is 843. The predicted octanol–water partition coefficient (Wildman–Crippen LogP) is 3.58. The second kappa shape index (κ2) is 11.2. The highest BCUT2D eigenvalue weighted by Gasteiger charge is 2.17. The van der Waals surface area contributed by atoms with Gasteiger partial charge in [-0.3, -0.25) is 9.79 Å². The molecule has 0 atom stereocenters. The first-order valence-corrected chi connectivity index (χ1v) is 10.7. The molecule has 160 valence electrons. The van der Waals surface area contributed by atoms with Crippen molar-refractivity contribution in [3.05, 3.63) is 65.2 Å². The summed E-state index contributed by atoms with van der Waals surface area (Å²) in [5.74, 6) is 1.74. The third kappa shape index (κ3) is 5.99. The number of likely N-dealkylation sites (tertiary alicyclic amines) is 1. The molecule has 0 aliphatic carbocycles. The van der Waals surface area contributed by atoms with Gasteiger partial charge in [-0.25, -0.2) is 0 Å². The number of nitrogens with one attached hydrogen (secondary N) is 2. The van der Waals surface area contributed by atoms with Crippen molar-refractivity contribution in [3.8, 4) is 5.75 Å². The summed E-state index contributed by atoms with van der Waals surface area (Å²) in [6.45, 7) is 5.62. The largest absolute Gasteiger partial charge is 0.494 e. The number of hydrogen-bond donors (Lipinski definition) is 2. The lowest BCUT2D eigenvalue weighted by Crippen LogP contribution is -2.36. The lowest BCUT2D eigenvalue weighted by atomic mass is 10.1. The van der Waals surface area contributed by atoms with E-state index in [2.05, 4.69) is 15.6 Å². The first-order chi connectivity index (χ1) is 14.7. The molecule has 0 saturated carbocycles. The fourth-order valence-electron chi connectivity index (χ4n) is 3.58. The van der Waals surface area contributed by atoms with E-state index in [0.29, 0.717) is 19.7 Å². The lowest BCUT2D eigenvalue weighted by Gasteiger charge is -2.26. The van der Waals surface area contributed by atoms with Crippen molar-refractivity contribution >= 4 is 11.9 Å². The van der Waals surface area contributed by atoms with Crippen LogP contribution in [0.25, 0.3) is 0 Å². The van der Waals surface area contributed by atoms with E-state index >= 15 is 0 Å². The zero-order valence-electron chi connectivity index (χ0n) is 18.0. The maximum atomic E-state index is 12.6. The van der Waals surface area contributed by atoms with Crippen LogP contribution in [-0.2, 0) is 13.1 Å². The minimum Gasteiger partial charge on any atom is -0.494 e. The molecule has 0 spiro atoms. The number of guanidine groups is 1. The van der Waals surface area contributed by atoms with Crippen LogP contribution in [0, 0.1) is 0 Å². The summed E-state index contributed by atoms with van der Waals surface area (Å²) in [6, 6.07) is 15.8. The van der Waals surface area contributed by atoms with Crippen molar-refractivity contribution in [2.75, 3.05) is 26.7 Å². The van der Waals surface area contributed by atoms with E-state index in [1.165, 1.54) is 6.42 Å². The van der Waals surface area contributed by atoms with Crippen LogP contribution in [-0.4, -0.2) is 43.5 Å². The Kier molecular flexibility index (Phi) is 8.12. The number of benzene rings is 2. The fourth-order valence-corrected chi connectivity index (χ4v) is 3.58. The highest BCUT2D eigenvalue weighted by atomic mass is 16.5. The number of aliphatic imine (C=N–C) groups is 1. The second-order valence-electron chi connectivity index (χ2n) is 7.37. The predicted molar refractivity (Wildman–Crippen MR) is 121 cm³/mol. The average Bonchev–Trinajstić information content (AvgIpc) is 2.81. The normalized spacial score (nSPS) is 14.3. The summed E-state index contributed by atoms with van der Waals surface area (Å²) in [6.07, 6.45) is 3.44. The Balaban J connectivity index is 1.51. The van der Waals surface area contributed by atoms with E-state index in [9.17, 15) is 4.79 Å². The molecule has 6 nitrogen and oxygen atoms in total. The van der Waals surface area contributed by atoms with Gasteiger partial charge in [0, 0.05) is 44.4 Å². The van der Waals surface area contributed by atoms with E-state index in [4.69, 9.17) is 4.74 Å². The minimum atomic E-state index is 0.139. The molecule has 1 amide bonds. The van der Waals surface area contributed by atoms with Crippen molar-refractivity contribution in [2.45, 2.75) is 39.3 Å². The maximum Gasteiger partial charge on any atom is 0.253 e. The Morgan fingerprint density at radius 2 is 1.70 bits per heavy atom. The molecular weight excluding hydrogens is 376 g/mol. The number of hydrogen-bond acceptors (Lipinski definition) is 3. The van der Waals surface area contributed by atoms with Crippen molar-refractivity contribution in [1.29, 1.82) is 0 Å². The molecule has 6 heteroatoms. The van der Waals surface area contributed by atoms with E-state index in [1.807, 2.05) is 60.4 Å². The Morgan fingerprint density at radius 1 is 1.00 bits per heavy atom. The lowest BCUT2D eigenvalue weighted by molar-refractivity contribution is 0.0724. The van der Waals surface area contributed by atoms with Gasteiger partial charge in [-0.2, -0.15) is 0 Å². The number of ether oxygens (including phenoxy) is 1. The molecule has 1 fully saturated rings. The highest BCUT2D eigenvalue weighted by Crippen LogP contribution is 2.17. The summed E-state index contributed by atoms with van der Waals surface area (Å²) < 4.78 is 5.68. The molecule has 0 unspecified atom stereocenters. The molecular formula is C24H32N4O2. The Hall–Kier alpha value is -3.02. The van der Waals surface area contributed by atoms with Crippen LogP contribution >= 0.6 is 0 Å². The van der Waals surface area contributed by atoms with Crippen molar-refractivity contribution in [2.24, 2.45) is 4.99 Å². The SMILES string of the molecule is CCOc1ccccc1CNC(=NC)NCc1ccc(C(=O)N2CCCCC2)cc1. The van der Waals surface area contributed by atoms with Crippen LogP contribution in [0.2, 0.25) is 0 Å². The summed E-state index contributed by atoms with van der Waals surface area (Å²) in [7, 11) is 1.75. The zero-order valence-corrected chi connectivity index (χ0v) is 18.0. The van der Waals surface area contributed by atoms with E-state index in [0.717, 1.165) is 54.3 Å². The average molecular weight is 409 g/mol. The molecule has 30 heavy (non-hydrogen) atoms.